The van der Waals surface area contributed by atoms with Crippen LogP contribution in [0.25, 0.3) is 11.4 Å². The van der Waals surface area contributed by atoms with Gasteiger partial charge in [0.25, 0.3) is 0 Å². The lowest BCUT2D eigenvalue weighted by Gasteiger charge is -2.04. The molecule has 7 nitrogen and oxygen atoms in total. The summed E-state index contributed by atoms with van der Waals surface area (Å²) in [4.78, 5) is 16.6. The fraction of sp³-hybridized carbons (Fsp3) is 0.235. The summed E-state index contributed by atoms with van der Waals surface area (Å²) >= 11 is 0. The molecular weight excluding hydrogens is 308 g/mol. The molecule has 0 spiro atoms. The Hall–Kier alpha value is -3.09. The molecule has 0 saturated heterocycles. The van der Waals surface area contributed by atoms with E-state index >= 15 is 0 Å². The molecule has 2 aromatic heterocycles. The Labute approximate surface area is 139 Å². The highest BCUT2D eigenvalue weighted by Crippen LogP contribution is 2.21. The second kappa shape index (κ2) is 6.99. The molecule has 0 saturated carbocycles. The van der Waals surface area contributed by atoms with E-state index in [4.69, 9.17) is 9.15 Å². The van der Waals surface area contributed by atoms with Crippen LogP contribution in [-0.4, -0.2) is 27.8 Å². The first-order chi connectivity index (χ1) is 11.7. The lowest BCUT2D eigenvalue weighted by Crippen LogP contribution is -2.15. The first kappa shape index (κ1) is 15.8. The molecule has 3 aromatic rings. The zero-order chi connectivity index (χ0) is 16.9. The third-order valence-corrected chi connectivity index (χ3v) is 3.49. The van der Waals surface area contributed by atoms with Gasteiger partial charge in [0.15, 0.2) is 5.82 Å². The molecule has 1 N–H and O–H groups in total. The van der Waals surface area contributed by atoms with Crippen molar-refractivity contribution in [2.45, 2.75) is 19.9 Å². The monoisotopic (exact) mass is 326 g/mol. The van der Waals surface area contributed by atoms with Gasteiger partial charge in [-0.15, -0.1) is 5.10 Å². The lowest BCUT2D eigenvalue weighted by atomic mass is 10.2. The maximum Gasteiger partial charge on any atom is 0.249 e. The average Bonchev–Trinajstić information content (AvgIpc) is 3.29. The topological polar surface area (TPSA) is 82.2 Å². The number of rotatable bonds is 6. The van der Waals surface area contributed by atoms with Gasteiger partial charge in [0, 0.05) is 12.0 Å². The Morgan fingerprint density at radius 2 is 2.08 bits per heavy atom. The van der Waals surface area contributed by atoms with Gasteiger partial charge in [0.2, 0.25) is 11.9 Å². The molecule has 0 aliphatic carbocycles. The van der Waals surface area contributed by atoms with E-state index in [1.807, 2.05) is 36.4 Å². The highest BCUT2D eigenvalue weighted by Gasteiger charge is 2.16. The number of hydrogen-bond acceptors (Lipinski definition) is 6. The van der Waals surface area contributed by atoms with Crippen LogP contribution in [-0.2, 0) is 6.54 Å². The summed E-state index contributed by atoms with van der Waals surface area (Å²) in [5, 5.41) is 7.42. The number of ether oxygens (including phenoxy) is 1. The van der Waals surface area contributed by atoms with E-state index in [2.05, 4.69) is 15.4 Å². The summed E-state index contributed by atoms with van der Waals surface area (Å²) < 4.78 is 11.7. The minimum absolute atomic E-state index is 0.135. The predicted octanol–water partition coefficient (Wildman–Crippen LogP) is 3.21. The van der Waals surface area contributed by atoms with E-state index in [1.54, 1.807) is 20.3 Å². The van der Waals surface area contributed by atoms with Gasteiger partial charge in [0.05, 0.1) is 19.9 Å². The molecule has 0 fully saturated rings. The number of aromatic nitrogens is 3. The summed E-state index contributed by atoms with van der Waals surface area (Å²) in [6.45, 7) is 2.21. The fourth-order valence-electron chi connectivity index (χ4n) is 2.19. The van der Waals surface area contributed by atoms with Crippen LogP contribution in [0.1, 0.15) is 23.9 Å². The summed E-state index contributed by atoms with van der Waals surface area (Å²) in [7, 11) is 1.61. The van der Waals surface area contributed by atoms with Crippen LogP contribution in [0, 0.1) is 0 Å². The van der Waals surface area contributed by atoms with Crippen molar-refractivity contribution < 1.29 is 13.9 Å². The van der Waals surface area contributed by atoms with Crippen LogP contribution in [0.3, 0.4) is 0 Å². The molecule has 124 valence electrons. The fourth-order valence-corrected chi connectivity index (χ4v) is 2.19. The van der Waals surface area contributed by atoms with Crippen molar-refractivity contribution in [1.29, 1.82) is 0 Å². The molecule has 0 radical (unpaired) electrons. The normalized spacial score (nSPS) is 10.6. The molecule has 0 amide bonds. The standard InChI is InChI=1S/C17H18N4O3/c1-3-15(22)21-17(18-11-14-5-4-10-24-14)19-16(20-21)12-6-8-13(23-2)9-7-12/h4-10H,3,11H2,1-2H3,(H,18,19,20). The maximum atomic E-state index is 12.1. The van der Waals surface area contributed by atoms with Crippen LogP contribution in [0.4, 0.5) is 5.95 Å². The van der Waals surface area contributed by atoms with E-state index in [0.717, 1.165) is 17.1 Å². The van der Waals surface area contributed by atoms with Gasteiger partial charge >= 0.3 is 0 Å². The number of hydrogen-bond donors (Lipinski definition) is 1. The van der Waals surface area contributed by atoms with Gasteiger partial charge in [-0.25, -0.2) is 0 Å². The minimum Gasteiger partial charge on any atom is -0.497 e. The Bertz CT molecular complexity index is 807. The van der Waals surface area contributed by atoms with Crippen LogP contribution < -0.4 is 10.1 Å². The summed E-state index contributed by atoms with van der Waals surface area (Å²) in [6, 6.07) is 11.0. The van der Waals surface area contributed by atoms with Crippen LogP contribution in [0.5, 0.6) is 5.75 Å². The molecule has 0 bridgehead atoms. The number of anilines is 1. The molecule has 0 atom stereocenters. The Kier molecular flexibility index (Phi) is 4.60. The number of nitrogens with zero attached hydrogens (tertiary/aromatic N) is 3. The average molecular weight is 326 g/mol. The van der Waals surface area contributed by atoms with Crippen molar-refractivity contribution in [2.24, 2.45) is 0 Å². The molecule has 0 aliphatic rings. The van der Waals surface area contributed by atoms with Crippen molar-refractivity contribution in [3.8, 4) is 17.1 Å². The SMILES string of the molecule is CCC(=O)n1nc(-c2ccc(OC)cc2)nc1NCc1ccco1. The Morgan fingerprint density at radius 1 is 1.29 bits per heavy atom. The third kappa shape index (κ3) is 3.29. The number of furan rings is 1. The van der Waals surface area contributed by atoms with Crippen molar-refractivity contribution >= 4 is 11.9 Å². The first-order valence-corrected chi connectivity index (χ1v) is 7.62. The second-order valence-electron chi connectivity index (χ2n) is 5.08. The third-order valence-electron chi connectivity index (χ3n) is 3.49. The summed E-state index contributed by atoms with van der Waals surface area (Å²) in [6.07, 6.45) is 1.93. The van der Waals surface area contributed by atoms with Crippen molar-refractivity contribution in [1.82, 2.24) is 14.8 Å². The largest absolute Gasteiger partial charge is 0.497 e. The molecule has 3 rings (SSSR count). The van der Waals surface area contributed by atoms with Gasteiger partial charge in [-0.2, -0.15) is 9.67 Å². The number of methoxy groups -OCH3 is 1. The first-order valence-electron chi connectivity index (χ1n) is 7.62. The molecule has 2 heterocycles. The van der Waals surface area contributed by atoms with Crippen LogP contribution in [0.2, 0.25) is 0 Å². The Morgan fingerprint density at radius 3 is 2.71 bits per heavy atom. The van der Waals surface area contributed by atoms with E-state index in [9.17, 15) is 4.79 Å². The zero-order valence-corrected chi connectivity index (χ0v) is 13.5. The minimum atomic E-state index is -0.135. The van der Waals surface area contributed by atoms with Crippen molar-refractivity contribution in [3.63, 3.8) is 0 Å². The summed E-state index contributed by atoms with van der Waals surface area (Å²) in [5.41, 5.74) is 0.805. The quantitative estimate of drug-likeness (QED) is 0.749. The van der Waals surface area contributed by atoms with Gasteiger partial charge in [-0.05, 0) is 36.4 Å². The number of nitrogens with one attached hydrogen (secondary N) is 1. The highest BCUT2D eigenvalue weighted by atomic mass is 16.5. The maximum absolute atomic E-state index is 12.1. The van der Waals surface area contributed by atoms with Crippen LogP contribution >= 0.6 is 0 Å². The van der Waals surface area contributed by atoms with E-state index in [-0.39, 0.29) is 5.91 Å². The van der Waals surface area contributed by atoms with Crippen molar-refractivity contribution in [2.75, 3.05) is 12.4 Å². The van der Waals surface area contributed by atoms with Gasteiger partial charge in [-0.3, -0.25) is 4.79 Å². The van der Waals surface area contributed by atoms with Gasteiger partial charge < -0.3 is 14.5 Å². The van der Waals surface area contributed by atoms with Gasteiger partial charge in [0.1, 0.15) is 11.5 Å². The molecule has 0 aliphatic heterocycles. The zero-order valence-electron chi connectivity index (χ0n) is 13.5. The van der Waals surface area contributed by atoms with E-state index in [1.165, 1.54) is 4.68 Å². The highest BCUT2D eigenvalue weighted by molar-refractivity contribution is 5.81. The molecule has 7 heteroatoms. The number of carbonyl (C=O) groups excluding carboxylic acids is 1. The smallest absolute Gasteiger partial charge is 0.249 e. The molecular formula is C17H18N4O3. The second-order valence-corrected chi connectivity index (χ2v) is 5.08. The molecule has 1 aromatic carbocycles. The van der Waals surface area contributed by atoms with Crippen molar-refractivity contribution in [3.05, 3.63) is 48.4 Å². The molecule has 0 unspecified atom stereocenters. The van der Waals surface area contributed by atoms with E-state index in [0.29, 0.717) is 24.7 Å². The Balaban J connectivity index is 1.88. The predicted molar refractivity (Wildman–Crippen MR) is 89.0 cm³/mol. The summed E-state index contributed by atoms with van der Waals surface area (Å²) in [5.74, 6) is 2.23. The number of benzene rings is 1. The lowest BCUT2D eigenvalue weighted by molar-refractivity contribution is 0.0895. The molecule has 24 heavy (non-hydrogen) atoms. The van der Waals surface area contributed by atoms with E-state index < -0.39 is 0 Å². The van der Waals surface area contributed by atoms with Gasteiger partial charge in [-0.1, -0.05) is 6.92 Å². The number of carbonyl (C=O) groups is 1. The van der Waals surface area contributed by atoms with Crippen LogP contribution in [0.15, 0.2) is 47.1 Å².